The molecule has 108 valence electrons. The molecule has 1 heterocycles. The zero-order valence-corrected chi connectivity index (χ0v) is 12.1. The minimum Gasteiger partial charge on any atom is -0.476 e. The summed E-state index contributed by atoms with van der Waals surface area (Å²) in [4.78, 5) is 11.9. The van der Waals surface area contributed by atoms with Crippen LogP contribution in [0.15, 0.2) is 35.7 Å². The molecule has 1 aliphatic rings. The second kappa shape index (κ2) is 4.92. The molecule has 0 fully saturated rings. The molecular weight excluding hydrogens is 280 g/mol. The van der Waals surface area contributed by atoms with Crippen molar-refractivity contribution in [1.29, 1.82) is 0 Å². The van der Waals surface area contributed by atoms with Crippen LogP contribution < -0.4 is 14.8 Å². The number of carbonyl (C=O) groups excluding carboxylic acids is 1. The van der Waals surface area contributed by atoms with E-state index in [1.54, 1.807) is 13.8 Å². The van der Waals surface area contributed by atoms with E-state index in [9.17, 15) is 13.2 Å². The number of nitrogens with one attached hydrogen (secondary N) is 2. The summed E-state index contributed by atoms with van der Waals surface area (Å²) in [6.07, 6.45) is 1.45. The lowest BCUT2D eigenvalue weighted by Gasteiger charge is -2.31. The van der Waals surface area contributed by atoms with E-state index in [0.717, 1.165) is 0 Å². The number of ether oxygens (including phenoxy) is 1. The molecule has 0 unspecified atom stereocenters. The van der Waals surface area contributed by atoms with Crippen molar-refractivity contribution >= 4 is 21.6 Å². The van der Waals surface area contributed by atoms with E-state index in [-0.39, 0.29) is 17.3 Å². The summed E-state index contributed by atoms with van der Waals surface area (Å²) < 4.78 is 31.8. The topological polar surface area (TPSA) is 84.5 Å². The van der Waals surface area contributed by atoms with Crippen molar-refractivity contribution < 1.29 is 17.9 Å². The van der Waals surface area contributed by atoms with Crippen molar-refractivity contribution in [2.75, 3.05) is 11.9 Å². The van der Waals surface area contributed by atoms with Crippen LogP contribution in [0.1, 0.15) is 13.8 Å². The second-order valence-electron chi connectivity index (χ2n) is 4.87. The van der Waals surface area contributed by atoms with Gasteiger partial charge >= 0.3 is 0 Å². The van der Waals surface area contributed by atoms with E-state index in [2.05, 4.69) is 16.6 Å². The molecule has 0 radical (unpaired) electrons. The fourth-order valence-corrected chi connectivity index (χ4v) is 2.73. The van der Waals surface area contributed by atoms with E-state index >= 15 is 0 Å². The summed E-state index contributed by atoms with van der Waals surface area (Å²) in [6, 6.07) is 4.32. The summed E-state index contributed by atoms with van der Waals surface area (Å²) in [6.45, 7) is 6.86. The predicted octanol–water partition coefficient (Wildman–Crippen LogP) is 1.26. The average molecular weight is 296 g/mol. The first-order valence-corrected chi connectivity index (χ1v) is 7.50. The van der Waals surface area contributed by atoms with E-state index in [4.69, 9.17) is 4.74 Å². The van der Waals surface area contributed by atoms with Gasteiger partial charge in [-0.05, 0) is 32.0 Å². The molecule has 2 N–H and O–H groups in total. The first-order valence-electron chi connectivity index (χ1n) is 6.01. The van der Waals surface area contributed by atoms with Gasteiger partial charge < -0.3 is 10.1 Å². The van der Waals surface area contributed by atoms with Gasteiger partial charge in [0.1, 0.15) is 5.75 Å². The highest BCUT2D eigenvalue weighted by atomic mass is 32.2. The van der Waals surface area contributed by atoms with Gasteiger partial charge in [0.15, 0.2) is 5.60 Å². The van der Waals surface area contributed by atoms with Crippen LogP contribution in [0.5, 0.6) is 5.75 Å². The van der Waals surface area contributed by atoms with Gasteiger partial charge in [0.05, 0.1) is 10.6 Å². The van der Waals surface area contributed by atoms with Crippen molar-refractivity contribution in [3.63, 3.8) is 0 Å². The van der Waals surface area contributed by atoms with Crippen LogP contribution in [0.25, 0.3) is 0 Å². The molecule has 1 aromatic rings. The van der Waals surface area contributed by atoms with Crippen LogP contribution in [0.2, 0.25) is 0 Å². The quantitative estimate of drug-likeness (QED) is 0.819. The van der Waals surface area contributed by atoms with Crippen LogP contribution in [0.3, 0.4) is 0 Å². The van der Waals surface area contributed by atoms with Crippen LogP contribution in [0.4, 0.5) is 5.69 Å². The lowest BCUT2D eigenvalue weighted by atomic mass is 10.1. The Balaban J connectivity index is 2.37. The highest BCUT2D eigenvalue weighted by molar-refractivity contribution is 7.89. The van der Waals surface area contributed by atoms with E-state index in [1.807, 2.05) is 0 Å². The molecule has 2 rings (SSSR count). The number of rotatable bonds is 4. The Bertz CT molecular complexity index is 665. The minimum absolute atomic E-state index is 0.0571. The van der Waals surface area contributed by atoms with Gasteiger partial charge in [-0.2, -0.15) is 0 Å². The molecule has 0 saturated carbocycles. The fourth-order valence-electron chi connectivity index (χ4n) is 1.71. The number of amides is 1. The zero-order chi connectivity index (χ0) is 15.0. The standard InChI is InChI=1S/C13H16N2O4S/c1-4-7-14-20(17,18)9-5-6-11-10(8-9)15-12(16)13(2,3)19-11/h4-6,8,14H,1,7H2,2-3H3,(H,15,16). The summed E-state index contributed by atoms with van der Waals surface area (Å²) in [7, 11) is -3.63. The van der Waals surface area contributed by atoms with Gasteiger partial charge in [-0.1, -0.05) is 6.08 Å². The first-order chi connectivity index (χ1) is 9.26. The number of benzene rings is 1. The third kappa shape index (κ3) is 2.68. The third-order valence-electron chi connectivity index (χ3n) is 2.84. The number of sulfonamides is 1. The molecule has 6 nitrogen and oxygen atoms in total. The first kappa shape index (κ1) is 14.5. The van der Waals surface area contributed by atoms with Crippen molar-refractivity contribution in [2.45, 2.75) is 24.3 Å². The molecule has 0 spiro atoms. The van der Waals surface area contributed by atoms with Crippen molar-refractivity contribution in [3.05, 3.63) is 30.9 Å². The maximum Gasteiger partial charge on any atom is 0.268 e. The Labute approximate surface area is 117 Å². The lowest BCUT2D eigenvalue weighted by Crippen LogP contribution is -2.45. The van der Waals surface area contributed by atoms with E-state index in [0.29, 0.717) is 11.4 Å². The van der Waals surface area contributed by atoms with Crippen LogP contribution >= 0.6 is 0 Å². The second-order valence-corrected chi connectivity index (χ2v) is 6.63. The van der Waals surface area contributed by atoms with Crippen LogP contribution in [-0.4, -0.2) is 26.5 Å². The van der Waals surface area contributed by atoms with Crippen molar-refractivity contribution in [1.82, 2.24) is 4.72 Å². The van der Waals surface area contributed by atoms with E-state index in [1.165, 1.54) is 24.3 Å². The maximum atomic E-state index is 12.0. The fraction of sp³-hybridized carbons (Fsp3) is 0.308. The molecule has 1 aromatic carbocycles. The lowest BCUT2D eigenvalue weighted by molar-refractivity contribution is -0.129. The molecule has 0 aromatic heterocycles. The summed E-state index contributed by atoms with van der Waals surface area (Å²) in [5, 5.41) is 2.64. The SMILES string of the molecule is C=CCNS(=O)(=O)c1ccc2c(c1)NC(=O)C(C)(C)O2. The minimum atomic E-state index is -3.63. The largest absolute Gasteiger partial charge is 0.476 e. The molecule has 1 aliphatic heterocycles. The van der Waals surface area contributed by atoms with Gasteiger partial charge in [0.25, 0.3) is 5.91 Å². The predicted molar refractivity (Wildman–Crippen MR) is 75.2 cm³/mol. The van der Waals surface area contributed by atoms with Gasteiger partial charge in [-0.25, -0.2) is 13.1 Å². The highest BCUT2D eigenvalue weighted by Gasteiger charge is 2.35. The van der Waals surface area contributed by atoms with Gasteiger partial charge in [0, 0.05) is 6.54 Å². The van der Waals surface area contributed by atoms with E-state index < -0.39 is 15.6 Å². The third-order valence-corrected chi connectivity index (χ3v) is 4.26. The Morgan fingerprint density at radius 1 is 1.45 bits per heavy atom. The Morgan fingerprint density at radius 3 is 2.80 bits per heavy atom. The molecule has 20 heavy (non-hydrogen) atoms. The molecule has 1 amide bonds. The normalized spacial score (nSPS) is 16.8. The monoisotopic (exact) mass is 296 g/mol. The zero-order valence-electron chi connectivity index (χ0n) is 11.3. The van der Waals surface area contributed by atoms with Crippen LogP contribution in [0, 0.1) is 0 Å². The Kier molecular flexibility index (Phi) is 3.58. The molecule has 0 saturated heterocycles. The molecule has 0 aliphatic carbocycles. The number of hydrogen-bond donors (Lipinski definition) is 2. The average Bonchev–Trinajstić information content (AvgIpc) is 2.37. The number of carbonyl (C=O) groups is 1. The molecule has 0 bridgehead atoms. The summed E-state index contributed by atoms with van der Waals surface area (Å²) in [5.41, 5.74) is -0.634. The Hall–Kier alpha value is -1.86. The van der Waals surface area contributed by atoms with Gasteiger partial charge in [0.2, 0.25) is 10.0 Å². The van der Waals surface area contributed by atoms with Crippen molar-refractivity contribution in [3.8, 4) is 5.75 Å². The van der Waals surface area contributed by atoms with Gasteiger partial charge in [-0.3, -0.25) is 4.79 Å². The number of anilines is 1. The Morgan fingerprint density at radius 2 is 2.15 bits per heavy atom. The number of fused-ring (bicyclic) bond motifs is 1. The summed E-state index contributed by atoms with van der Waals surface area (Å²) in [5.74, 6) is 0.121. The van der Waals surface area contributed by atoms with Crippen molar-refractivity contribution in [2.24, 2.45) is 0 Å². The highest BCUT2D eigenvalue weighted by Crippen LogP contribution is 2.34. The molecule has 7 heteroatoms. The maximum absolute atomic E-state index is 12.0. The smallest absolute Gasteiger partial charge is 0.268 e. The van der Waals surface area contributed by atoms with Gasteiger partial charge in [-0.15, -0.1) is 6.58 Å². The molecule has 0 atom stereocenters. The summed E-state index contributed by atoms with van der Waals surface area (Å²) >= 11 is 0. The molecular formula is C13H16N2O4S. The van der Waals surface area contributed by atoms with Crippen LogP contribution in [-0.2, 0) is 14.8 Å². The number of hydrogen-bond acceptors (Lipinski definition) is 4.